The quantitative estimate of drug-likeness (QED) is 0.904. The van der Waals surface area contributed by atoms with Gasteiger partial charge in [-0.1, -0.05) is 11.6 Å². The molecule has 0 radical (unpaired) electrons. The van der Waals surface area contributed by atoms with Gasteiger partial charge in [-0.2, -0.15) is 0 Å². The molecule has 2 aromatic rings. The SMILES string of the molecule is COc1cc(Cl)ccc1-c1cnc(CCCN)o1. The number of oxazole rings is 1. The first kappa shape index (κ1) is 12.9. The summed E-state index contributed by atoms with van der Waals surface area (Å²) in [5, 5.41) is 0.624. The number of nitrogens with zero attached hydrogens (tertiary/aromatic N) is 1. The monoisotopic (exact) mass is 266 g/mol. The number of methoxy groups -OCH3 is 1. The number of ether oxygens (including phenoxy) is 1. The van der Waals surface area contributed by atoms with E-state index in [0.717, 1.165) is 18.4 Å². The van der Waals surface area contributed by atoms with Gasteiger partial charge in [-0.25, -0.2) is 4.98 Å². The highest BCUT2D eigenvalue weighted by Gasteiger charge is 2.11. The first-order valence-electron chi connectivity index (χ1n) is 5.73. The summed E-state index contributed by atoms with van der Waals surface area (Å²) in [5.74, 6) is 2.03. The van der Waals surface area contributed by atoms with Gasteiger partial charge in [-0.05, 0) is 31.2 Å². The standard InChI is InChI=1S/C13H15ClN2O2/c1-17-11-7-9(14)4-5-10(11)12-8-16-13(18-12)3-2-6-15/h4-5,7-8H,2-3,6,15H2,1H3. The Morgan fingerprint density at radius 3 is 3.00 bits per heavy atom. The summed E-state index contributed by atoms with van der Waals surface area (Å²) in [4.78, 5) is 4.22. The Balaban J connectivity index is 2.28. The number of aromatic nitrogens is 1. The molecule has 0 bridgehead atoms. The number of halogens is 1. The van der Waals surface area contributed by atoms with Gasteiger partial charge < -0.3 is 14.9 Å². The van der Waals surface area contributed by atoms with Crippen LogP contribution in [0.1, 0.15) is 12.3 Å². The lowest BCUT2D eigenvalue weighted by atomic mass is 10.1. The summed E-state index contributed by atoms with van der Waals surface area (Å²) < 4.78 is 10.9. The van der Waals surface area contributed by atoms with Gasteiger partial charge in [0.15, 0.2) is 11.7 Å². The molecule has 18 heavy (non-hydrogen) atoms. The van der Waals surface area contributed by atoms with Gasteiger partial charge in [0, 0.05) is 11.4 Å². The normalized spacial score (nSPS) is 10.6. The summed E-state index contributed by atoms with van der Waals surface area (Å²) in [6, 6.07) is 5.40. The second-order valence-electron chi connectivity index (χ2n) is 3.86. The molecule has 5 heteroatoms. The fraction of sp³-hybridized carbons (Fsp3) is 0.308. The molecule has 0 spiro atoms. The molecule has 0 amide bonds. The van der Waals surface area contributed by atoms with E-state index in [1.807, 2.05) is 6.07 Å². The van der Waals surface area contributed by atoms with Gasteiger partial charge >= 0.3 is 0 Å². The fourth-order valence-electron chi connectivity index (χ4n) is 1.67. The van der Waals surface area contributed by atoms with Gasteiger partial charge in [0.2, 0.25) is 0 Å². The molecule has 0 aliphatic rings. The second-order valence-corrected chi connectivity index (χ2v) is 4.29. The van der Waals surface area contributed by atoms with E-state index in [1.165, 1.54) is 0 Å². The third-order valence-electron chi connectivity index (χ3n) is 2.58. The maximum atomic E-state index is 5.92. The Hall–Kier alpha value is -1.52. The van der Waals surface area contributed by atoms with E-state index in [4.69, 9.17) is 26.5 Å². The van der Waals surface area contributed by atoms with E-state index in [1.54, 1.807) is 25.4 Å². The van der Waals surface area contributed by atoms with E-state index < -0.39 is 0 Å². The van der Waals surface area contributed by atoms with Crippen LogP contribution >= 0.6 is 11.6 Å². The molecule has 0 saturated carbocycles. The van der Waals surface area contributed by atoms with E-state index in [2.05, 4.69) is 4.98 Å². The molecular formula is C13H15ClN2O2. The third kappa shape index (κ3) is 2.83. The van der Waals surface area contributed by atoms with E-state index in [0.29, 0.717) is 29.0 Å². The first-order chi connectivity index (χ1) is 8.74. The van der Waals surface area contributed by atoms with Crippen LogP contribution in [-0.4, -0.2) is 18.6 Å². The summed E-state index contributed by atoms with van der Waals surface area (Å²) in [5.41, 5.74) is 6.29. The summed E-state index contributed by atoms with van der Waals surface area (Å²) in [7, 11) is 1.60. The topological polar surface area (TPSA) is 61.3 Å². The van der Waals surface area contributed by atoms with Crippen molar-refractivity contribution in [3.63, 3.8) is 0 Å². The van der Waals surface area contributed by atoms with Crippen LogP contribution in [0, 0.1) is 0 Å². The highest BCUT2D eigenvalue weighted by molar-refractivity contribution is 6.30. The van der Waals surface area contributed by atoms with E-state index >= 15 is 0 Å². The zero-order valence-corrected chi connectivity index (χ0v) is 10.9. The number of benzene rings is 1. The minimum atomic E-state index is 0.624. The Morgan fingerprint density at radius 2 is 2.28 bits per heavy atom. The van der Waals surface area contributed by atoms with Crippen molar-refractivity contribution in [1.82, 2.24) is 4.98 Å². The number of hydrogen-bond acceptors (Lipinski definition) is 4. The Morgan fingerprint density at radius 1 is 1.44 bits per heavy atom. The first-order valence-corrected chi connectivity index (χ1v) is 6.11. The van der Waals surface area contributed by atoms with Crippen molar-refractivity contribution in [2.24, 2.45) is 5.73 Å². The highest BCUT2D eigenvalue weighted by Crippen LogP contribution is 2.32. The lowest BCUT2D eigenvalue weighted by Gasteiger charge is -2.05. The molecule has 0 fully saturated rings. The largest absolute Gasteiger partial charge is 0.496 e. The molecule has 1 heterocycles. The van der Waals surface area contributed by atoms with Crippen LogP contribution in [0.15, 0.2) is 28.8 Å². The van der Waals surface area contributed by atoms with Crippen LogP contribution in [0.25, 0.3) is 11.3 Å². The molecule has 0 aliphatic heterocycles. The van der Waals surface area contributed by atoms with Crippen molar-refractivity contribution >= 4 is 11.6 Å². The average molecular weight is 267 g/mol. The van der Waals surface area contributed by atoms with E-state index in [9.17, 15) is 0 Å². The molecule has 0 atom stereocenters. The smallest absolute Gasteiger partial charge is 0.194 e. The van der Waals surface area contributed by atoms with Gasteiger partial charge in [0.05, 0.1) is 18.9 Å². The number of hydrogen-bond donors (Lipinski definition) is 1. The Labute approximate surface area is 111 Å². The molecule has 0 aliphatic carbocycles. The second kappa shape index (κ2) is 5.89. The number of rotatable bonds is 5. The zero-order chi connectivity index (χ0) is 13.0. The van der Waals surface area contributed by atoms with Crippen molar-refractivity contribution in [1.29, 1.82) is 0 Å². The summed E-state index contributed by atoms with van der Waals surface area (Å²) in [6.45, 7) is 0.627. The van der Waals surface area contributed by atoms with Crippen LogP contribution in [0.4, 0.5) is 0 Å². The molecule has 0 saturated heterocycles. The van der Waals surface area contributed by atoms with Crippen LogP contribution in [0.5, 0.6) is 5.75 Å². The summed E-state index contributed by atoms with van der Waals surface area (Å²) >= 11 is 5.92. The Kier molecular flexibility index (Phi) is 4.23. The highest BCUT2D eigenvalue weighted by atomic mass is 35.5. The van der Waals surface area contributed by atoms with Gasteiger partial charge in [-0.3, -0.25) is 0 Å². The van der Waals surface area contributed by atoms with Crippen molar-refractivity contribution < 1.29 is 9.15 Å². The maximum Gasteiger partial charge on any atom is 0.194 e. The van der Waals surface area contributed by atoms with Gasteiger partial charge in [-0.15, -0.1) is 0 Å². The fourth-order valence-corrected chi connectivity index (χ4v) is 1.83. The van der Waals surface area contributed by atoms with Crippen LogP contribution in [-0.2, 0) is 6.42 Å². The number of aryl methyl sites for hydroxylation is 1. The lowest BCUT2D eigenvalue weighted by Crippen LogP contribution is -2.00. The van der Waals surface area contributed by atoms with E-state index in [-0.39, 0.29) is 0 Å². The molecule has 2 N–H and O–H groups in total. The predicted molar refractivity (Wildman–Crippen MR) is 70.9 cm³/mol. The third-order valence-corrected chi connectivity index (χ3v) is 2.81. The summed E-state index contributed by atoms with van der Waals surface area (Å²) in [6.07, 6.45) is 3.29. The average Bonchev–Trinajstić information content (AvgIpc) is 2.84. The zero-order valence-electron chi connectivity index (χ0n) is 10.1. The predicted octanol–water partition coefficient (Wildman–Crippen LogP) is 2.89. The maximum absolute atomic E-state index is 5.92. The molecule has 96 valence electrons. The van der Waals surface area contributed by atoms with Gasteiger partial charge in [0.1, 0.15) is 5.75 Å². The number of nitrogens with two attached hydrogens (primary N) is 1. The molecule has 1 aromatic heterocycles. The molecular weight excluding hydrogens is 252 g/mol. The van der Waals surface area contributed by atoms with Gasteiger partial charge in [0.25, 0.3) is 0 Å². The molecule has 4 nitrogen and oxygen atoms in total. The minimum Gasteiger partial charge on any atom is -0.496 e. The van der Waals surface area contributed by atoms with Crippen LogP contribution in [0.3, 0.4) is 0 Å². The van der Waals surface area contributed by atoms with Crippen molar-refractivity contribution in [2.45, 2.75) is 12.8 Å². The molecule has 1 aromatic carbocycles. The lowest BCUT2D eigenvalue weighted by molar-refractivity contribution is 0.413. The minimum absolute atomic E-state index is 0.624. The van der Waals surface area contributed by atoms with Crippen LogP contribution in [0.2, 0.25) is 5.02 Å². The van der Waals surface area contributed by atoms with Crippen molar-refractivity contribution in [2.75, 3.05) is 13.7 Å². The van der Waals surface area contributed by atoms with Crippen molar-refractivity contribution in [3.05, 3.63) is 35.3 Å². The Bertz CT molecular complexity index is 525. The van der Waals surface area contributed by atoms with Crippen LogP contribution < -0.4 is 10.5 Å². The molecule has 2 rings (SSSR count). The molecule has 0 unspecified atom stereocenters. The van der Waals surface area contributed by atoms with Crippen molar-refractivity contribution in [3.8, 4) is 17.1 Å².